The third kappa shape index (κ3) is 6.19. The fourth-order valence-electron chi connectivity index (χ4n) is 4.01. The third-order valence-electron chi connectivity index (χ3n) is 5.65. The molecule has 2 aromatic rings. The van der Waals surface area contributed by atoms with Crippen LogP contribution in [0.2, 0.25) is 0 Å². The van der Waals surface area contributed by atoms with Crippen LogP contribution < -0.4 is 0 Å². The van der Waals surface area contributed by atoms with Gasteiger partial charge >= 0.3 is 0 Å². The van der Waals surface area contributed by atoms with Gasteiger partial charge in [0.05, 0.1) is 36.8 Å². The molecular weight excluding hydrogens is 426 g/mol. The molecule has 0 unspecified atom stereocenters. The molecule has 8 heteroatoms. The predicted molar refractivity (Wildman–Crippen MR) is 124 cm³/mol. The van der Waals surface area contributed by atoms with Crippen LogP contribution in [-0.2, 0) is 38.2 Å². The third-order valence-corrected chi connectivity index (χ3v) is 7.24. The Morgan fingerprint density at radius 1 is 1.22 bits per heavy atom. The van der Waals surface area contributed by atoms with E-state index in [1.165, 1.54) is 0 Å². The van der Waals surface area contributed by atoms with E-state index in [9.17, 15) is 13.2 Å². The number of benzene rings is 1. The van der Waals surface area contributed by atoms with Gasteiger partial charge < -0.3 is 14.2 Å². The lowest BCUT2D eigenvalue weighted by Gasteiger charge is -2.28. The summed E-state index contributed by atoms with van der Waals surface area (Å²) < 4.78 is 34.2. The zero-order valence-corrected chi connectivity index (χ0v) is 20.3. The summed E-state index contributed by atoms with van der Waals surface area (Å²) in [6.07, 6.45) is 3.86. The maximum absolute atomic E-state index is 13.3. The minimum atomic E-state index is -3.67. The van der Waals surface area contributed by atoms with Crippen molar-refractivity contribution >= 4 is 15.7 Å². The number of rotatable bonds is 10. The number of ether oxygens (including phenoxy) is 1. The van der Waals surface area contributed by atoms with Gasteiger partial charge in [0.2, 0.25) is 20.9 Å². The number of amides is 1. The summed E-state index contributed by atoms with van der Waals surface area (Å²) in [5.41, 5.74) is 1.44. The second kappa shape index (κ2) is 10.6. The van der Waals surface area contributed by atoms with Crippen molar-refractivity contribution in [3.63, 3.8) is 0 Å². The molecule has 1 amide bonds. The molecule has 1 aliphatic rings. The van der Waals surface area contributed by atoms with Crippen LogP contribution in [0.5, 0.6) is 0 Å². The molecule has 0 N–H and O–H groups in total. The van der Waals surface area contributed by atoms with Gasteiger partial charge in [-0.15, -0.1) is 0 Å². The van der Waals surface area contributed by atoms with E-state index >= 15 is 0 Å². The molecule has 7 nitrogen and oxygen atoms in total. The average molecular weight is 462 g/mol. The van der Waals surface area contributed by atoms with Crippen molar-refractivity contribution in [3.05, 3.63) is 47.8 Å². The summed E-state index contributed by atoms with van der Waals surface area (Å²) in [6.45, 7) is 9.43. The number of carbonyl (C=O) groups excluding carboxylic acids is 1. The summed E-state index contributed by atoms with van der Waals surface area (Å²) >= 11 is 0. The van der Waals surface area contributed by atoms with E-state index in [0.29, 0.717) is 26.1 Å². The molecule has 0 bridgehead atoms. The summed E-state index contributed by atoms with van der Waals surface area (Å²) in [5, 5.41) is 0.0480. The largest absolute Gasteiger partial charge is 0.376 e. The molecule has 0 spiro atoms. The van der Waals surface area contributed by atoms with Crippen molar-refractivity contribution in [2.75, 3.05) is 6.61 Å². The molecule has 2 heterocycles. The summed E-state index contributed by atoms with van der Waals surface area (Å²) in [4.78, 5) is 19.0. The molecule has 1 fully saturated rings. The van der Waals surface area contributed by atoms with E-state index in [2.05, 4.69) is 4.98 Å². The smallest absolute Gasteiger partial charge is 0.228 e. The maximum atomic E-state index is 13.3. The number of nitrogens with zero attached hydrogens (tertiary/aromatic N) is 3. The van der Waals surface area contributed by atoms with Crippen LogP contribution in [-0.4, -0.2) is 47.5 Å². The molecule has 1 aromatic heterocycles. The summed E-state index contributed by atoms with van der Waals surface area (Å²) in [5.74, 6) is 0.201. The SMILES string of the molecule is CC(C)CC(=O)N(Cc1cnc(S(=O)(=O)Cc2ccccc2)n1C[C@H]1CCCO1)C(C)C. The first kappa shape index (κ1) is 24.5. The number of hydrogen-bond acceptors (Lipinski definition) is 5. The topological polar surface area (TPSA) is 81.5 Å². The van der Waals surface area contributed by atoms with Crippen molar-refractivity contribution in [1.82, 2.24) is 14.5 Å². The Morgan fingerprint density at radius 2 is 1.94 bits per heavy atom. The van der Waals surface area contributed by atoms with Crippen molar-refractivity contribution in [3.8, 4) is 0 Å². The minimum absolute atomic E-state index is 0.00305. The van der Waals surface area contributed by atoms with Gasteiger partial charge in [-0.25, -0.2) is 13.4 Å². The quantitative estimate of drug-likeness (QED) is 0.537. The minimum Gasteiger partial charge on any atom is -0.376 e. The Kier molecular flexibility index (Phi) is 8.11. The summed E-state index contributed by atoms with van der Waals surface area (Å²) in [7, 11) is -3.67. The van der Waals surface area contributed by atoms with Crippen molar-refractivity contribution < 1.29 is 17.9 Å². The number of carbonyl (C=O) groups is 1. The van der Waals surface area contributed by atoms with Crippen LogP contribution >= 0.6 is 0 Å². The first-order valence-corrected chi connectivity index (χ1v) is 13.0. The van der Waals surface area contributed by atoms with E-state index in [0.717, 1.165) is 24.1 Å². The molecule has 1 aromatic carbocycles. The van der Waals surface area contributed by atoms with Gasteiger partial charge in [0, 0.05) is 19.1 Å². The van der Waals surface area contributed by atoms with Crippen molar-refractivity contribution in [2.24, 2.45) is 5.92 Å². The zero-order chi connectivity index (χ0) is 23.3. The van der Waals surface area contributed by atoms with Crippen LogP contribution in [0.4, 0.5) is 0 Å². The van der Waals surface area contributed by atoms with Gasteiger partial charge in [0.1, 0.15) is 0 Å². The molecule has 1 saturated heterocycles. The van der Waals surface area contributed by atoms with Crippen LogP contribution in [0.25, 0.3) is 0 Å². The van der Waals surface area contributed by atoms with Crippen LogP contribution in [0, 0.1) is 5.92 Å². The van der Waals surface area contributed by atoms with Gasteiger partial charge in [0.25, 0.3) is 0 Å². The first-order chi connectivity index (χ1) is 15.2. The molecule has 3 rings (SSSR count). The van der Waals surface area contributed by atoms with Gasteiger partial charge in [-0.2, -0.15) is 0 Å². The van der Waals surface area contributed by atoms with Crippen molar-refractivity contribution in [1.29, 1.82) is 0 Å². The van der Waals surface area contributed by atoms with Gasteiger partial charge in [-0.1, -0.05) is 44.2 Å². The molecule has 0 aliphatic carbocycles. The Bertz CT molecular complexity index is 994. The van der Waals surface area contributed by atoms with E-state index in [1.807, 2.05) is 45.9 Å². The molecular formula is C24H35N3O4S. The highest BCUT2D eigenvalue weighted by molar-refractivity contribution is 7.90. The molecule has 32 heavy (non-hydrogen) atoms. The fraction of sp³-hybridized carbons (Fsp3) is 0.583. The fourth-order valence-corrected chi connectivity index (χ4v) is 5.51. The summed E-state index contributed by atoms with van der Waals surface area (Å²) in [6, 6.07) is 9.12. The lowest BCUT2D eigenvalue weighted by atomic mass is 10.1. The van der Waals surface area contributed by atoms with E-state index in [-0.39, 0.29) is 34.9 Å². The highest BCUT2D eigenvalue weighted by atomic mass is 32.2. The molecule has 1 aliphatic heterocycles. The monoisotopic (exact) mass is 461 g/mol. The highest BCUT2D eigenvalue weighted by Gasteiger charge is 2.29. The standard InChI is InChI=1S/C24H35N3O4S/c1-18(2)13-23(28)26(19(3)4)15-21-14-25-24(27(21)16-22-11-8-12-31-22)32(29,30)17-20-9-6-5-7-10-20/h5-7,9-10,14,18-19,22H,8,11-13,15-17H2,1-4H3/t22-/m1/s1. The number of imidazole rings is 1. The zero-order valence-electron chi connectivity index (χ0n) is 19.5. The number of aromatic nitrogens is 2. The van der Waals surface area contributed by atoms with E-state index in [4.69, 9.17) is 4.74 Å². The lowest BCUT2D eigenvalue weighted by molar-refractivity contribution is -0.134. The van der Waals surface area contributed by atoms with Crippen LogP contribution in [0.15, 0.2) is 41.7 Å². The van der Waals surface area contributed by atoms with E-state index < -0.39 is 9.84 Å². The molecule has 1 atom stereocenters. The average Bonchev–Trinajstić information content (AvgIpc) is 3.36. The predicted octanol–water partition coefficient (Wildman–Crippen LogP) is 3.82. The Hall–Kier alpha value is -2.19. The van der Waals surface area contributed by atoms with Crippen LogP contribution in [0.1, 0.15) is 58.2 Å². The number of hydrogen-bond donors (Lipinski definition) is 0. The van der Waals surface area contributed by atoms with Gasteiger partial charge in [-0.3, -0.25) is 4.79 Å². The Morgan fingerprint density at radius 3 is 2.53 bits per heavy atom. The molecule has 176 valence electrons. The van der Waals surface area contributed by atoms with Gasteiger partial charge in [0.15, 0.2) is 0 Å². The first-order valence-electron chi connectivity index (χ1n) is 11.4. The Balaban J connectivity index is 1.93. The van der Waals surface area contributed by atoms with E-state index in [1.54, 1.807) is 27.8 Å². The maximum Gasteiger partial charge on any atom is 0.228 e. The molecule has 0 saturated carbocycles. The highest BCUT2D eigenvalue weighted by Crippen LogP contribution is 2.23. The van der Waals surface area contributed by atoms with Crippen molar-refractivity contribution in [2.45, 2.75) is 83.1 Å². The van der Waals surface area contributed by atoms with Crippen LogP contribution in [0.3, 0.4) is 0 Å². The Labute approximate surface area is 191 Å². The molecule has 0 radical (unpaired) electrons. The second-order valence-electron chi connectivity index (χ2n) is 9.24. The normalized spacial score (nSPS) is 16.8. The second-order valence-corrected chi connectivity index (χ2v) is 11.1. The van der Waals surface area contributed by atoms with Gasteiger partial charge in [-0.05, 0) is 38.2 Å². The number of sulfone groups is 1. The lowest BCUT2D eigenvalue weighted by Crippen LogP contribution is -2.38.